The number of aromatic nitrogens is 3. The lowest BCUT2D eigenvalue weighted by Crippen LogP contribution is -2.12. The van der Waals surface area contributed by atoms with Gasteiger partial charge in [0.1, 0.15) is 11.6 Å². The Hall–Kier alpha value is -2.01. The largest absolute Gasteiger partial charge is 0.370 e. The summed E-state index contributed by atoms with van der Waals surface area (Å²) in [6, 6.07) is 7.81. The summed E-state index contributed by atoms with van der Waals surface area (Å²) in [7, 11) is 1.88. The van der Waals surface area contributed by atoms with E-state index in [9.17, 15) is 0 Å². The van der Waals surface area contributed by atoms with Crippen LogP contribution in [0.25, 0.3) is 0 Å². The van der Waals surface area contributed by atoms with E-state index in [4.69, 9.17) is 0 Å². The van der Waals surface area contributed by atoms with Crippen LogP contribution in [0.5, 0.6) is 0 Å². The van der Waals surface area contributed by atoms with Crippen molar-refractivity contribution >= 4 is 5.82 Å². The van der Waals surface area contributed by atoms with Gasteiger partial charge in [-0.15, -0.1) is 0 Å². The number of rotatable bonds is 6. The summed E-state index contributed by atoms with van der Waals surface area (Å²) in [6.07, 6.45) is 4.46. The van der Waals surface area contributed by atoms with Crippen LogP contribution in [0, 0.1) is 0 Å². The van der Waals surface area contributed by atoms with Crippen molar-refractivity contribution in [2.75, 3.05) is 18.9 Å². The molecule has 2 N–H and O–H groups in total. The minimum absolute atomic E-state index is 0.676. The quantitative estimate of drug-likeness (QED) is 0.799. The second kappa shape index (κ2) is 6.66. The number of hydrogen-bond donors (Lipinski definition) is 2. The number of nitrogens with zero attached hydrogens (tertiary/aromatic N) is 3. The maximum absolute atomic E-state index is 4.39. The van der Waals surface area contributed by atoms with E-state index in [0.29, 0.717) is 6.54 Å². The van der Waals surface area contributed by atoms with Crippen molar-refractivity contribution in [1.29, 1.82) is 0 Å². The van der Waals surface area contributed by atoms with Crippen LogP contribution in [0.1, 0.15) is 11.5 Å². The molecule has 2 aromatic rings. The summed E-state index contributed by atoms with van der Waals surface area (Å²) >= 11 is 0. The van der Waals surface area contributed by atoms with Gasteiger partial charge in [-0.1, -0.05) is 6.07 Å². The highest BCUT2D eigenvalue weighted by atomic mass is 15.0. The van der Waals surface area contributed by atoms with E-state index in [-0.39, 0.29) is 0 Å². The molecule has 0 bridgehead atoms. The summed E-state index contributed by atoms with van der Waals surface area (Å²) in [4.78, 5) is 12.8. The summed E-state index contributed by atoms with van der Waals surface area (Å²) in [5, 5.41) is 6.30. The van der Waals surface area contributed by atoms with Crippen LogP contribution in [0.2, 0.25) is 0 Å². The van der Waals surface area contributed by atoms with E-state index >= 15 is 0 Å². The Morgan fingerprint density at radius 3 is 2.83 bits per heavy atom. The van der Waals surface area contributed by atoms with E-state index in [1.54, 1.807) is 6.20 Å². The van der Waals surface area contributed by atoms with Crippen LogP contribution < -0.4 is 10.6 Å². The molecule has 0 amide bonds. The first-order valence-corrected chi connectivity index (χ1v) is 5.99. The van der Waals surface area contributed by atoms with Gasteiger partial charge < -0.3 is 10.6 Å². The lowest BCUT2D eigenvalue weighted by atomic mass is 10.3. The van der Waals surface area contributed by atoms with E-state index in [1.807, 2.05) is 37.5 Å². The third-order valence-electron chi connectivity index (χ3n) is 2.45. The molecule has 94 valence electrons. The fourth-order valence-corrected chi connectivity index (χ4v) is 1.61. The van der Waals surface area contributed by atoms with Crippen molar-refractivity contribution in [2.45, 2.75) is 13.0 Å². The molecule has 5 nitrogen and oxygen atoms in total. The Kier molecular flexibility index (Phi) is 4.60. The van der Waals surface area contributed by atoms with Crippen molar-refractivity contribution in [1.82, 2.24) is 20.3 Å². The van der Waals surface area contributed by atoms with Crippen LogP contribution in [0.15, 0.2) is 36.7 Å². The Morgan fingerprint density at radius 1 is 1.11 bits per heavy atom. The second-order valence-electron chi connectivity index (χ2n) is 3.89. The average Bonchev–Trinajstić information content (AvgIpc) is 2.41. The van der Waals surface area contributed by atoms with Gasteiger partial charge >= 0.3 is 0 Å². The van der Waals surface area contributed by atoms with Crippen molar-refractivity contribution < 1.29 is 0 Å². The predicted octanol–water partition coefficient (Wildman–Crippen LogP) is 1.25. The number of nitrogens with one attached hydrogen (secondary N) is 2. The van der Waals surface area contributed by atoms with Gasteiger partial charge in [0.25, 0.3) is 0 Å². The van der Waals surface area contributed by atoms with Gasteiger partial charge in [-0.3, -0.25) is 4.98 Å². The van der Waals surface area contributed by atoms with E-state index in [1.165, 1.54) is 0 Å². The second-order valence-corrected chi connectivity index (χ2v) is 3.89. The minimum Gasteiger partial charge on any atom is -0.370 e. The Bertz CT molecular complexity index is 472. The third kappa shape index (κ3) is 3.78. The molecule has 0 saturated carbocycles. The number of pyridine rings is 1. The van der Waals surface area contributed by atoms with Crippen molar-refractivity contribution in [2.24, 2.45) is 0 Å². The molecule has 2 aromatic heterocycles. The van der Waals surface area contributed by atoms with E-state index in [2.05, 4.69) is 25.6 Å². The number of anilines is 1. The third-order valence-corrected chi connectivity index (χ3v) is 2.45. The first-order chi connectivity index (χ1) is 8.88. The van der Waals surface area contributed by atoms with Gasteiger partial charge in [0.15, 0.2) is 0 Å². The fourth-order valence-electron chi connectivity index (χ4n) is 1.61. The molecule has 5 heteroatoms. The molecule has 0 atom stereocenters. The molecule has 0 aromatic carbocycles. The molecule has 0 aliphatic heterocycles. The van der Waals surface area contributed by atoms with Gasteiger partial charge in [0.05, 0.1) is 6.54 Å². The highest BCUT2D eigenvalue weighted by Crippen LogP contribution is 2.02. The lowest BCUT2D eigenvalue weighted by Gasteiger charge is -2.06. The van der Waals surface area contributed by atoms with Crippen LogP contribution in [-0.4, -0.2) is 28.5 Å². The molecule has 0 radical (unpaired) electrons. The molecule has 0 aliphatic carbocycles. The van der Waals surface area contributed by atoms with E-state index in [0.717, 1.165) is 30.3 Å². The van der Waals surface area contributed by atoms with E-state index < -0.39 is 0 Å². The smallest absolute Gasteiger partial charge is 0.144 e. The van der Waals surface area contributed by atoms with Crippen LogP contribution in [-0.2, 0) is 13.0 Å². The maximum atomic E-state index is 4.39. The highest BCUT2D eigenvalue weighted by molar-refractivity contribution is 5.33. The van der Waals surface area contributed by atoms with Crippen LogP contribution in [0.3, 0.4) is 0 Å². The summed E-state index contributed by atoms with van der Waals surface area (Å²) in [5.41, 5.74) is 1.08. The van der Waals surface area contributed by atoms with Gasteiger partial charge in [-0.2, -0.15) is 0 Å². The van der Waals surface area contributed by atoms with Gasteiger partial charge in [-0.05, 0) is 25.2 Å². The molecule has 2 rings (SSSR count). The highest BCUT2D eigenvalue weighted by Gasteiger charge is 1.98. The van der Waals surface area contributed by atoms with Gasteiger partial charge in [0.2, 0.25) is 0 Å². The SMILES string of the molecule is CNCc1nccc(NCCc2ccccn2)n1. The van der Waals surface area contributed by atoms with Crippen molar-refractivity contribution in [3.05, 3.63) is 48.2 Å². The summed E-state index contributed by atoms with van der Waals surface area (Å²) in [6.45, 7) is 1.49. The number of hydrogen-bond acceptors (Lipinski definition) is 5. The van der Waals surface area contributed by atoms with Crippen LogP contribution in [0.4, 0.5) is 5.82 Å². The molecule has 18 heavy (non-hydrogen) atoms. The Balaban J connectivity index is 1.84. The molecule has 2 heterocycles. The van der Waals surface area contributed by atoms with Crippen molar-refractivity contribution in [3.8, 4) is 0 Å². The Morgan fingerprint density at radius 2 is 2.06 bits per heavy atom. The first kappa shape index (κ1) is 12.4. The normalized spacial score (nSPS) is 10.3. The molecule has 0 unspecified atom stereocenters. The fraction of sp³-hybridized carbons (Fsp3) is 0.308. The maximum Gasteiger partial charge on any atom is 0.144 e. The molecule has 0 aliphatic rings. The standard InChI is InChI=1S/C13H17N5/c1-14-10-13-17-9-6-12(18-13)16-8-5-11-4-2-3-7-15-11/h2-4,6-7,9,14H,5,8,10H2,1H3,(H,16,17,18). The topological polar surface area (TPSA) is 62.7 Å². The van der Waals surface area contributed by atoms with Crippen molar-refractivity contribution in [3.63, 3.8) is 0 Å². The molecule has 0 saturated heterocycles. The van der Waals surface area contributed by atoms with Crippen LogP contribution >= 0.6 is 0 Å². The molecular weight excluding hydrogens is 226 g/mol. The first-order valence-electron chi connectivity index (χ1n) is 5.99. The summed E-state index contributed by atoms with van der Waals surface area (Å²) in [5.74, 6) is 1.64. The average molecular weight is 243 g/mol. The molecular formula is C13H17N5. The Labute approximate surface area is 107 Å². The molecule has 0 spiro atoms. The predicted molar refractivity (Wildman–Crippen MR) is 71.2 cm³/mol. The zero-order valence-electron chi connectivity index (χ0n) is 10.4. The van der Waals surface area contributed by atoms with Gasteiger partial charge in [0, 0.05) is 31.1 Å². The van der Waals surface area contributed by atoms with Gasteiger partial charge in [-0.25, -0.2) is 9.97 Å². The lowest BCUT2D eigenvalue weighted by molar-refractivity contribution is 0.758. The minimum atomic E-state index is 0.676. The monoisotopic (exact) mass is 243 g/mol. The zero-order valence-corrected chi connectivity index (χ0v) is 10.4. The molecule has 0 fully saturated rings. The summed E-state index contributed by atoms with van der Waals surface area (Å²) < 4.78 is 0. The zero-order chi connectivity index (χ0) is 12.6.